The summed E-state index contributed by atoms with van der Waals surface area (Å²) < 4.78 is 5.68. The number of nitrogens with two attached hydrogens (primary N) is 1. The van der Waals surface area contributed by atoms with Crippen molar-refractivity contribution in [3.63, 3.8) is 0 Å². The lowest BCUT2D eigenvalue weighted by molar-refractivity contribution is 0.0527. The first-order valence-electron chi connectivity index (χ1n) is 7.03. The summed E-state index contributed by atoms with van der Waals surface area (Å²) in [5.74, 6) is -0.981. The number of ether oxygens (including phenoxy) is 1. The van der Waals surface area contributed by atoms with Crippen molar-refractivity contribution < 1.29 is 14.6 Å². The van der Waals surface area contributed by atoms with Crippen LogP contribution in [0.3, 0.4) is 0 Å². The molecule has 0 saturated carbocycles. The molecule has 110 valence electrons. The van der Waals surface area contributed by atoms with E-state index in [1.807, 2.05) is 19.9 Å². The van der Waals surface area contributed by atoms with Gasteiger partial charge in [-0.05, 0) is 44.4 Å². The van der Waals surface area contributed by atoms with Gasteiger partial charge in [0.2, 0.25) is 0 Å². The molecule has 0 spiro atoms. The summed E-state index contributed by atoms with van der Waals surface area (Å²) in [7, 11) is 0. The average Bonchev–Trinajstić information content (AvgIpc) is 2.42. The zero-order valence-corrected chi connectivity index (χ0v) is 12.1. The fourth-order valence-corrected chi connectivity index (χ4v) is 2.68. The van der Waals surface area contributed by atoms with Gasteiger partial charge in [-0.2, -0.15) is 0 Å². The monoisotopic (exact) mass is 278 g/mol. The molecule has 1 aromatic carbocycles. The largest absolute Gasteiger partial charge is 0.478 e. The van der Waals surface area contributed by atoms with Gasteiger partial charge < -0.3 is 20.5 Å². The molecule has 0 aliphatic carbocycles. The van der Waals surface area contributed by atoms with Gasteiger partial charge in [0.1, 0.15) is 0 Å². The number of benzene rings is 1. The minimum absolute atomic E-state index is 0.179. The van der Waals surface area contributed by atoms with Crippen LogP contribution >= 0.6 is 0 Å². The lowest BCUT2D eigenvalue weighted by atomic mass is 10.0. The molecule has 2 rings (SSSR count). The van der Waals surface area contributed by atoms with E-state index in [9.17, 15) is 9.90 Å². The van der Waals surface area contributed by atoms with Crippen molar-refractivity contribution in [3.8, 4) is 0 Å². The van der Waals surface area contributed by atoms with E-state index < -0.39 is 5.97 Å². The number of nitrogens with zero attached hydrogens (tertiary/aromatic N) is 1. The van der Waals surface area contributed by atoms with E-state index in [1.165, 1.54) is 0 Å². The highest BCUT2D eigenvalue weighted by Gasteiger charge is 2.22. The van der Waals surface area contributed by atoms with E-state index in [0.717, 1.165) is 37.2 Å². The Morgan fingerprint density at radius 1 is 1.55 bits per heavy atom. The maximum Gasteiger partial charge on any atom is 0.337 e. The number of piperidine rings is 1. The molecule has 0 radical (unpaired) electrons. The fraction of sp³-hybridized carbons (Fsp3) is 0.533. The van der Waals surface area contributed by atoms with Crippen LogP contribution in [0.25, 0.3) is 0 Å². The Bertz CT molecular complexity index is 500. The molecule has 3 N–H and O–H groups in total. The Morgan fingerprint density at radius 2 is 2.30 bits per heavy atom. The maximum atomic E-state index is 11.3. The number of carbonyl (C=O) groups is 1. The topological polar surface area (TPSA) is 75.8 Å². The van der Waals surface area contributed by atoms with Crippen molar-refractivity contribution in [1.82, 2.24) is 0 Å². The van der Waals surface area contributed by atoms with Crippen LogP contribution in [0.4, 0.5) is 11.4 Å². The second-order valence-corrected chi connectivity index (χ2v) is 5.19. The van der Waals surface area contributed by atoms with Gasteiger partial charge in [-0.15, -0.1) is 0 Å². The third-order valence-corrected chi connectivity index (χ3v) is 3.75. The molecule has 5 nitrogen and oxygen atoms in total. The van der Waals surface area contributed by atoms with E-state index >= 15 is 0 Å². The van der Waals surface area contributed by atoms with Crippen LogP contribution in [-0.2, 0) is 4.74 Å². The smallest absolute Gasteiger partial charge is 0.337 e. The molecule has 0 amide bonds. The van der Waals surface area contributed by atoms with Crippen molar-refractivity contribution in [2.75, 3.05) is 30.3 Å². The summed E-state index contributed by atoms with van der Waals surface area (Å²) in [6.07, 6.45) is 2.33. The molecule has 1 unspecified atom stereocenters. The van der Waals surface area contributed by atoms with Crippen LogP contribution in [-0.4, -0.2) is 36.9 Å². The normalized spacial score (nSPS) is 19.1. The molecule has 1 aliphatic rings. The minimum Gasteiger partial charge on any atom is -0.478 e. The van der Waals surface area contributed by atoms with Gasteiger partial charge in [-0.3, -0.25) is 0 Å². The summed E-state index contributed by atoms with van der Waals surface area (Å²) in [5, 5.41) is 9.23. The molecule has 1 aromatic rings. The highest BCUT2D eigenvalue weighted by Crippen LogP contribution is 2.28. The fourth-order valence-electron chi connectivity index (χ4n) is 2.68. The molecule has 1 atom stereocenters. The molecule has 1 saturated heterocycles. The Morgan fingerprint density at radius 3 is 2.95 bits per heavy atom. The minimum atomic E-state index is -0.981. The van der Waals surface area contributed by atoms with Crippen LogP contribution < -0.4 is 10.6 Å². The van der Waals surface area contributed by atoms with E-state index in [0.29, 0.717) is 12.3 Å². The maximum absolute atomic E-state index is 11.3. The van der Waals surface area contributed by atoms with E-state index in [2.05, 4.69) is 4.90 Å². The Hall–Kier alpha value is -1.75. The number of hydrogen-bond acceptors (Lipinski definition) is 4. The molecular formula is C15H22N2O3. The van der Waals surface area contributed by atoms with Crippen molar-refractivity contribution in [2.24, 2.45) is 0 Å². The van der Waals surface area contributed by atoms with Crippen LogP contribution in [0.1, 0.15) is 35.7 Å². The summed E-state index contributed by atoms with van der Waals surface area (Å²) in [5.41, 5.74) is 8.08. The Kier molecular flexibility index (Phi) is 4.49. The van der Waals surface area contributed by atoms with Crippen LogP contribution in [0.15, 0.2) is 12.1 Å². The summed E-state index contributed by atoms with van der Waals surface area (Å²) in [6, 6.07) is 3.62. The zero-order valence-electron chi connectivity index (χ0n) is 12.1. The van der Waals surface area contributed by atoms with Gasteiger partial charge in [0.25, 0.3) is 0 Å². The Balaban J connectivity index is 2.26. The van der Waals surface area contributed by atoms with Gasteiger partial charge in [-0.25, -0.2) is 4.79 Å². The van der Waals surface area contributed by atoms with Gasteiger partial charge in [-0.1, -0.05) is 0 Å². The van der Waals surface area contributed by atoms with Crippen molar-refractivity contribution in [2.45, 2.75) is 32.8 Å². The molecule has 20 heavy (non-hydrogen) atoms. The van der Waals surface area contributed by atoms with Crippen molar-refractivity contribution in [1.29, 1.82) is 0 Å². The first kappa shape index (κ1) is 14.7. The molecular weight excluding hydrogens is 256 g/mol. The molecule has 1 aliphatic heterocycles. The van der Waals surface area contributed by atoms with Crippen molar-refractivity contribution >= 4 is 17.3 Å². The second kappa shape index (κ2) is 6.13. The third kappa shape index (κ3) is 3.04. The third-order valence-electron chi connectivity index (χ3n) is 3.75. The number of aromatic carboxylic acids is 1. The van der Waals surface area contributed by atoms with E-state index in [4.69, 9.17) is 10.5 Å². The highest BCUT2D eigenvalue weighted by atomic mass is 16.5. The average molecular weight is 278 g/mol. The number of hydrogen-bond donors (Lipinski definition) is 2. The summed E-state index contributed by atoms with van der Waals surface area (Å²) in [4.78, 5) is 13.4. The number of carboxylic acids is 1. The predicted molar refractivity (Wildman–Crippen MR) is 79.4 cm³/mol. The van der Waals surface area contributed by atoms with Crippen molar-refractivity contribution in [3.05, 3.63) is 23.3 Å². The van der Waals surface area contributed by atoms with Crippen LogP contribution in [0.5, 0.6) is 0 Å². The van der Waals surface area contributed by atoms with Crippen LogP contribution in [0.2, 0.25) is 0 Å². The summed E-state index contributed by atoms with van der Waals surface area (Å²) in [6.45, 7) is 6.27. The number of anilines is 2. The first-order valence-corrected chi connectivity index (χ1v) is 7.03. The lowest BCUT2D eigenvalue weighted by Gasteiger charge is -2.34. The second-order valence-electron chi connectivity index (χ2n) is 5.19. The number of rotatable bonds is 4. The highest BCUT2D eigenvalue weighted by molar-refractivity contribution is 5.95. The Labute approximate surface area is 119 Å². The number of carboxylic acid groups (broad SMARTS) is 1. The summed E-state index contributed by atoms with van der Waals surface area (Å²) >= 11 is 0. The van der Waals surface area contributed by atoms with Gasteiger partial charge in [0, 0.05) is 31.1 Å². The molecule has 5 heteroatoms. The van der Waals surface area contributed by atoms with Gasteiger partial charge in [0.05, 0.1) is 11.7 Å². The SMILES string of the molecule is CCOC1CCCN(c2cc(C)c(N)c(C(=O)O)c2)C1. The lowest BCUT2D eigenvalue weighted by Crippen LogP contribution is -2.39. The molecule has 0 aromatic heterocycles. The van der Waals surface area contributed by atoms with E-state index in [1.54, 1.807) is 6.07 Å². The van der Waals surface area contributed by atoms with Crippen LogP contribution in [0, 0.1) is 6.92 Å². The number of aryl methyl sites for hydroxylation is 1. The predicted octanol–water partition coefficient (Wildman–Crippen LogP) is 2.28. The quantitative estimate of drug-likeness (QED) is 0.826. The zero-order chi connectivity index (χ0) is 14.7. The number of nitrogen functional groups attached to an aromatic ring is 1. The molecule has 1 heterocycles. The molecule has 0 bridgehead atoms. The van der Waals surface area contributed by atoms with E-state index in [-0.39, 0.29) is 11.7 Å². The van der Waals surface area contributed by atoms with Gasteiger partial charge in [0.15, 0.2) is 0 Å². The standard InChI is InChI=1S/C15H22N2O3/c1-3-20-12-5-4-6-17(9-12)11-7-10(2)14(16)13(8-11)15(18)19/h7-8,12H,3-6,9,16H2,1-2H3,(H,18,19). The first-order chi connectivity index (χ1) is 9.52. The molecule has 1 fully saturated rings. The van der Waals surface area contributed by atoms with Gasteiger partial charge >= 0.3 is 5.97 Å².